The highest BCUT2D eigenvalue weighted by Crippen LogP contribution is 1.98. The maximum Gasteiger partial charge on any atom is 0.219 e. The number of nitrogens with one attached hydrogen (secondary N) is 1. The summed E-state index contributed by atoms with van der Waals surface area (Å²) in [6.07, 6.45) is 0.956. The van der Waals surface area contributed by atoms with E-state index in [0.717, 1.165) is 5.57 Å². The molecule has 0 unspecified atom stereocenters. The summed E-state index contributed by atoms with van der Waals surface area (Å²) >= 11 is 0. The minimum Gasteiger partial charge on any atom is -0.354 e. The summed E-state index contributed by atoms with van der Waals surface area (Å²) in [7, 11) is 1.83. The zero-order valence-corrected chi connectivity index (χ0v) is 10.5. The summed E-state index contributed by atoms with van der Waals surface area (Å²) in [5.74, 6) is 0.105. The van der Waals surface area contributed by atoms with Crippen molar-refractivity contribution in [1.82, 2.24) is 10.2 Å². The molecule has 0 rings (SSSR count). The standard InChI is InChI=1S/C11H21BN2O2/c1-4-10(15)13-5-6-14(8-9(2)3)11(16)7-12/h2,4-8,12H2,1,3H3,(H,13,15). The van der Waals surface area contributed by atoms with Gasteiger partial charge in [0.1, 0.15) is 7.85 Å². The molecule has 0 atom stereocenters. The summed E-state index contributed by atoms with van der Waals surface area (Å²) < 4.78 is 0. The van der Waals surface area contributed by atoms with Crippen LogP contribution in [0.5, 0.6) is 0 Å². The topological polar surface area (TPSA) is 49.4 Å². The van der Waals surface area contributed by atoms with Crippen LogP contribution in [-0.2, 0) is 9.59 Å². The quantitative estimate of drug-likeness (QED) is 0.487. The van der Waals surface area contributed by atoms with E-state index in [9.17, 15) is 9.59 Å². The number of amides is 2. The molecule has 0 spiro atoms. The highest BCUT2D eigenvalue weighted by Gasteiger charge is 2.10. The highest BCUT2D eigenvalue weighted by molar-refractivity contribution is 6.19. The summed E-state index contributed by atoms with van der Waals surface area (Å²) in [5.41, 5.74) is 0.948. The van der Waals surface area contributed by atoms with Crippen molar-refractivity contribution >= 4 is 19.7 Å². The zero-order valence-electron chi connectivity index (χ0n) is 10.5. The van der Waals surface area contributed by atoms with Crippen molar-refractivity contribution < 1.29 is 9.59 Å². The van der Waals surface area contributed by atoms with Crippen molar-refractivity contribution in [2.75, 3.05) is 19.6 Å². The number of carbonyl (C=O) groups excluding carboxylic acids is 2. The van der Waals surface area contributed by atoms with E-state index in [1.54, 1.807) is 11.8 Å². The van der Waals surface area contributed by atoms with Crippen molar-refractivity contribution in [2.24, 2.45) is 0 Å². The molecule has 0 fully saturated rings. The molecule has 90 valence electrons. The minimum atomic E-state index is 0.0132. The van der Waals surface area contributed by atoms with Gasteiger partial charge in [0.25, 0.3) is 0 Å². The van der Waals surface area contributed by atoms with Crippen LogP contribution >= 0.6 is 0 Å². The lowest BCUT2D eigenvalue weighted by molar-refractivity contribution is -0.129. The molecule has 0 aromatic carbocycles. The maximum atomic E-state index is 11.6. The molecule has 0 saturated heterocycles. The Labute approximate surface area is 98.5 Å². The fourth-order valence-electron chi connectivity index (χ4n) is 1.30. The molecule has 2 amide bonds. The lowest BCUT2D eigenvalue weighted by atomic mass is 10.0. The van der Waals surface area contributed by atoms with Crippen LogP contribution in [0.2, 0.25) is 6.32 Å². The van der Waals surface area contributed by atoms with Crippen LogP contribution in [0, 0.1) is 0 Å². The first-order valence-corrected chi connectivity index (χ1v) is 5.70. The van der Waals surface area contributed by atoms with Gasteiger partial charge < -0.3 is 10.2 Å². The van der Waals surface area contributed by atoms with E-state index in [-0.39, 0.29) is 11.8 Å². The van der Waals surface area contributed by atoms with Crippen molar-refractivity contribution in [3.63, 3.8) is 0 Å². The average molecular weight is 224 g/mol. The Bertz CT molecular complexity index is 267. The summed E-state index contributed by atoms with van der Waals surface area (Å²) in [4.78, 5) is 24.3. The fraction of sp³-hybridized carbons (Fsp3) is 0.636. The molecule has 0 radical (unpaired) electrons. The zero-order chi connectivity index (χ0) is 12.6. The van der Waals surface area contributed by atoms with Gasteiger partial charge >= 0.3 is 0 Å². The molecule has 0 heterocycles. The van der Waals surface area contributed by atoms with Crippen molar-refractivity contribution in [1.29, 1.82) is 0 Å². The van der Waals surface area contributed by atoms with Gasteiger partial charge in [-0.3, -0.25) is 9.59 Å². The number of hydrogen-bond donors (Lipinski definition) is 1. The highest BCUT2D eigenvalue weighted by atomic mass is 16.2. The molecule has 1 N–H and O–H groups in total. The van der Waals surface area contributed by atoms with Crippen LogP contribution in [-0.4, -0.2) is 44.2 Å². The Hall–Kier alpha value is -1.26. The van der Waals surface area contributed by atoms with E-state index < -0.39 is 0 Å². The molecular formula is C11H21BN2O2. The summed E-state index contributed by atoms with van der Waals surface area (Å²) in [5, 5.41) is 2.75. The number of rotatable bonds is 7. The molecule has 0 aliphatic heterocycles. The third kappa shape index (κ3) is 6.27. The van der Waals surface area contributed by atoms with Crippen molar-refractivity contribution in [3.8, 4) is 0 Å². The third-order valence-corrected chi connectivity index (χ3v) is 2.14. The van der Waals surface area contributed by atoms with E-state index in [1.807, 2.05) is 14.8 Å². The van der Waals surface area contributed by atoms with E-state index in [1.165, 1.54) is 0 Å². The van der Waals surface area contributed by atoms with Gasteiger partial charge in [0, 0.05) is 26.1 Å². The molecular weight excluding hydrogens is 203 g/mol. The summed E-state index contributed by atoms with van der Waals surface area (Å²) in [6, 6.07) is 0. The first-order valence-electron chi connectivity index (χ1n) is 5.70. The predicted molar refractivity (Wildman–Crippen MR) is 68.0 cm³/mol. The SMILES string of the molecule is BCC(=O)N(CCNC(=O)CC)CC(=C)C. The van der Waals surface area contributed by atoms with Crippen molar-refractivity contribution in [3.05, 3.63) is 12.2 Å². The molecule has 0 aromatic heterocycles. The Morgan fingerprint density at radius 1 is 1.44 bits per heavy atom. The third-order valence-electron chi connectivity index (χ3n) is 2.14. The molecule has 0 bridgehead atoms. The van der Waals surface area contributed by atoms with Crippen LogP contribution in [0.3, 0.4) is 0 Å². The van der Waals surface area contributed by atoms with Gasteiger partial charge in [-0.2, -0.15) is 0 Å². The maximum absolute atomic E-state index is 11.6. The fourth-order valence-corrected chi connectivity index (χ4v) is 1.30. The van der Waals surface area contributed by atoms with Crippen LogP contribution in [0.15, 0.2) is 12.2 Å². The smallest absolute Gasteiger partial charge is 0.219 e. The summed E-state index contributed by atoms with van der Waals surface area (Å²) in [6.45, 7) is 9.10. The number of hydrogen-bond acceptors (Lipinski definition) is 2. The predicted octanol–water partition coefficient (Wildman–Crippen LogP) is -0.0313. The molecule has 0 aliphatic carbocycles. The van der Waals surface area contributed by atoms with E-state index >= 15 is 0 Å². The average Bonchev–Trinajstić information content (AvgIpc) is 2.25. The van der Waals surface area contributed by atoms with Gasteiger partial charge in [-0.15, -0.1) is 0 Å². The van der Waals surface area contributed by atoms with Crippen molar-refractivity contribution in [2.45, 2.75) is 26.6 Å². The molecule has 0 aliphatic rings. The van der Waals surface area contributed by atoms with Gasteiger partial charge in [-0.25, -0.2) is 0 Å². The Morgan fingerprint density at radius 3 is 2.50 bits per heavy atom. The first kappa shape index (κ1) is 14.7. The van der Waals surface area contributed by atoms with E-state index in [2.05, 4.69) is 11.9 Å². The first-order chi connectivity index (χ1) is 7.51. The second kappa shape index (κ2) is 7.96. The molecule has 16 heavy (non-hydrogen) atoms. The number of carbonyl (C=O) groups is 2. The lowest BCUT2D eigenvalue weighted by Crippen LogP contribution is -2.39. The van der Waals surface area contributed by atoms with Crippen LogP contribution in [0.25, 0.3) is 0 Å². The van der Waals surface area contributed by atoms with Gasteiger partial charge in [0.05, 0.1) is 0 Å². The normalized spacial score (nSPS) is 9.62. The monoisotopic (exact) mass is 224 g/mol. The van der Waals surface area contributed by atoms with Crippen LogP contribution in [0.4, 0.5) is 0 Å². The lowest BCUT2D eigenvalue weighted by Gasteiger charge is -2.22. The Kier molecular flexibility index (Phi) is 7.34. The van der Waals surface area contributed by atoms with Crippen LogP contribution < -0.4 is 5.32 Å². The Balaban J connectivity index is 4.06. The Morgan fingerprint density at radius 2 is 2.06 bits per heavy atom. The molecule has 4 nitrogen and oxygen atoms in total. The second-order valence-electron chi connectivity index (χ2n) is 3.83. The van der Waals surface area contributed by atoms with E-state index in [0.29, 0.717) is 32.4 Å². The van der Waals surface area contributed by atoms with Gasteiger partial charge in [0.15, 0.2) is 0 Å². The van der Waals surface area contributed by atoms with Gasteiger partial charge in [-0.05, 0) is 13.2 Å². The minimum absolute atomic E-state index is 0.0132. The molecule has 0 aromatic rings. The van der Waals surface area contributed by atoms with E-state index in [4.69, 9.17) is 0 Å². The number of nitrogens with zero attached hydrogens (tertiary/aromatic N) is 1. The van der Waals surface area contributed by atoms with Crippen LogP contribution in [0.1, 0.15) is 20.3 Å². The van der Waals surface area contributed by atoms with Gasteiger partial charge in [0.2, 0.25) is 11.8 Å². The largest absolute Gasteiger partial charge is 0.354 e. The van der Waals surface area contributed by atoms with Gasteiger partial charge in [-0.1, -0.05) is 19.1 Å². The molecule has 5 heteroatoms. The second-order valence-corrected chi connectivity index (χ2v) is 3.83. The molecule has 0 saturated carbocycles.